The summed E-state index contributed by atoms with van der Waals surface area (Å²) in [5.74, 6) is -1.39. The number of nitrogens with two attached hydrogens (primary N) is 1. The molecule has 0 aliphatic heterocycles. The Hall–Kier alpha value is -3.92. The highest BCUT2D eigenvalue weighted by Crippen LogP contribution is 2.44. The Kier molecular flexibility index (Phi) is 11.1. The van der Waals surface area contributed by atoms with Crippen molar-refractivity contribution in [2.75, 3.05) is 20.2 Å². The van der Waals surface area contributed by atoms with Gasteiger partial charge < -0.3 is 31.7 Å². The van der Waals surface area contributed by atoms with Gasteiger partial charge in [-0.1, -0.05) is 62.4 Å². The minimum atomic E-state index is -0.916. The Morgan fingerprint density at radius 2 is 1.40 bits per heavy atom. The van der Waals surface area contributed by atoms with Crippen molar-refractivity contribution in [1.29, 1.82) is 0 Å². The predicted octanol–water partition coefficient (Wildman–Crippen LogP) is 2.41. The van der Waals surface area contributed by atoms with Gasteiger partial charge in [-0.05, 0) is 60.9 Å². The zero-order valence-corrected chi connectivity index (χ0v) is 23.7. The first-order valence-corrected chi connectivity index (χ1v) is 13.8. The van der Waals surface area contributed by atoms with E-state index in [0.29, 0.717) is 19.4 Å². The van der Waals surface area contributed by atoms with Crippen LogP contribution in [0.4, 0.5) is 4.79 Å². The summed E-state index contributed by atoms with van der Waals surface area (Å²) < 4.78 is 5.64. The lowest BCUT2D eigenvalue weighted by molar-refractivity contribution is -0.132. The molecule has 2 aromatic carbocycles. The van der Waals surface area contributed by atoms with Crippen LogP contribution in [0.15, 0.2) is 48.5 Å². The number of hydrogen-bond donors (Lipinski definition) is 5. The molecule has 216 valence electrons. The van der Waals surface area contributed by atoms with Crippen molar-refractivity contribution in [3.05, 3.63) is 59.7 Å². The topological polar surface area (TPSA) is 152 Å². The van der Waals surface area contributed by atoms with Gasteiger partial charge in [0.2, 0.25) is 17.7 Å². The Labute approximate surface area is 235 Å². The number of amides is 4. The SMILES string of the molecule is CNC(=O)[C@H](C)NC(=O)[C@H](CCCN)NC(=O)[C@H](CC(C)C)NC(=O)OCC1c2ccccc2-c2ccccc21. The lowest BCUT2D eigenvalue weighted by Crippen LogP contribution is -2.56. The van der Waals surface area contributed by atoms with Gasteiger partial charge in [0.15, 0.2) is 0 Å². The second kappa shape index (κ2) is 14.5. The lowest BCUT2D eigenvalue weighted by Gasteiger charge is -2.25. The summed E-state index contributed by atoms with van der Waals surface area (Å²) in [6.07, 6.45) is 0.407. The quantitative estimate of drug-likeness (QED) is 0.258. The first-order chi connectivity index (χ1) is 19.2. The molecule has 10 nitrogen and oxygen atoms in total. The molecule has 0 fully saturated rings. The Balaban J connectivity index is 1.66. The molecule has 0 aromatic heterocycles. The van der Waals surface area contributed by atoms with Crippen molar-refractivity contribution in [3.8, 4) is 11.1 Å². The van der Waals surface area contributed by atoms with E-state index in [0.717, 1.165) is 22.3 Å². The van der Waals surface area contributed by atoms with E-state index in [-0.39, 0.29) is 30.8 Å². The van der Waals surface area contributed by atoms with E-state index in [1.54, 1.807) is 6.92 Å². The van der Waals surface area contributed by atoms with E-state index in [1.165, 1.54) is 7.05 Å². The van der Waals surface area contributed by atoms with Crippen molar-refractivity contribution in [2.45, 2.75) is 64.1 Å². The monoisotopic (exact) mass is 551 g/mol. The van der Waals surface area contributed by atoms with Crippen LogP contribution in [0.1, 0.15) is 57.1 Å². The number of ether oxygens (including phenoxy) is 1. The van der Waals surface area contributed by atoms with Gasteiger partial charge >= 0.3 is 6.09 Å². The van der Waals surface area contributed by atoms with Crippen LogP contribution in [0.2, 0.25) is 0 Å². The van der Waals surface area contributed by atoms with Crippen molar-refractivity contribution in [2.24, 2.45) is 11.7 Å². The normalized spacial score (nSPS) is 14.3. The van der Waals surface area contributed by atoms with Crippen molar-refractivity contribution < 1.29 is 23.9 Å². The predicted molar refractivity (Wildman–Crippen MR) is 153 cm³/mol. The molecule has 4 amide bonds. The minimum Gasteiger partial charge on any atom is -0.449 e. The number of benzene rings is 2. The molecule has 2 aromatic rings. The molecule has 3 rings (SSSR count). The van der Waals surface area contributed by atoms with Crippen molar-refractivity contribution in [1.82, 2.24) is 21.3 Å². The van der Waals surface area contributed by atoms with Gasteiger partial charge in [0.05, 0.1) is 0 Å². The number of hydrogen-bond acceptors (Lipinski definition) is 6. The van der Waals surface area contributed by atoms with E-state index in [4.69, 9.17) is 10.5 Å². The fraction of sp³-hybridized carbons (Fsp3) is 0.467. The number of carbonyl (C=O) groups excluding carboxylic acids is 4. The minimum absolute atomic E-state index is 0.0780. The average molecular weight is 552 g/mol. The Morgan fingerprint density at radius 3 is 1.95 bits per heavy atom. The summed E-state index contributed by atoms with van der Waals surface area (Å²) in [6.45, 7) is 5.87. The second-order valence-corrected chi connectivity index (χ2v) is 10.5. The van der Waals surface area contributed by atoms with Gasteiger partial charge in [-0.3, -0.25) is 14.4 Å². The Morgan fingerprint density at radius 1 is 0.825 bits per heavy atom. The Bertz CT molecular complexity index is 1160. The molecule has 6 N–H and O–H groups in total. The van der Waals surface area contributed by atoms with Crippen LogP contribution in [0.3, 0.4) is 0 Å². The molecular formula is C30H41N5O5. The van der Waals surface area contributed by atoms with E-state index in [9.17, 15) is 19.2 Å². The average Bonchev–Trinajstić information content (AvgIpc) is 3.26. The van der Waals surface area contributed by atoms with E-state index < -0.39 is 36.0 Å². The number of alkyl carbamates (subject to hydrolysis) is 1. The van der Waals surface area contributed by atoms with E-state index in [1.807, 2.05) is 50.2 Å². The van der Waals surface area contributed by atoms with Crippen LogP contribution in [0, 0.1) is 5.92 Å². The first kappa shape index (κ1) is 30.6. The van der Waals surface area contributed by atoms with Gasteiger partial charge in [-0.15, -0.1) is 0 Å². The smallest absolute Gasteiger partial charge is 0.407 e. The van der Waals surface area contributed by atoms with Crippen molar-refractivity contribution in [3.63, 3.8) is 0 Å². The maximum absolute atomic E-state index is 13.3. The molecule has 0 unspecified atom stereocenters. The summed E-state index contributed by atoms with van der Waals surface area (Å²) in [7, 11) is 1.48. The van der Waals surface area contributed by atoms with Gasteiger partial charge in [0, 0.05) is 13.0 Å². The molecule has 10 heteroatoms. The summed E-state index contributed by atoms with van der Waals surface area (Å²) in [5, 5.41) is 10.5. The molecule has 1 aliphatic carbocycles. The molecule has 40 heavy (non-hydrogen) atoms. The molecule has 0 heterocycles. The highest BCUT2D eigenvalue weighted by atomic mass is 16.5. The fourth-order valence-electron chi connectivity index (χ4n) is 4.94. The number of carbonyl (C=O) groups is 4. The van der Waals surface area contributed by atoms with Crippen molar-refractivity contribution >= 4 is 23.8 Å². The molecule has 0 saturated heterocycles. The van der Waals surface area contributed by atoms with E-state index >= 15 is 0 Å². The van der Waals surface area contributed by atoms with Gasteiger partial charge in [0.25, 0.3) is 0 Å². The number of rotatable bonds is 13. The van der Waals surface area contributed by atoms with Crippen LogP contribution < -0.4 is 27.0 Å². The molecule has 0 saturated carbocycles. The number of fused-ring (bicyclic) bond motifs is 3. The first-order valence-electron chi connectivity index (χ1n) is 13.8. The largest absolute Gasteiger partial charge is 0.449 e. The molecule has 0 radical (unpaired) electrons. The van der Waals surface area contributed by atoms with Crippen LogP contribution in [-0.4, -0.2) is 62.1 Å². The second-order valence-electron chi connectivity index (χ2n) is 10.5. The summed E-state index contributed by atoms with van der Waals surface area (Å²) in [4.78, 5) is 50.9. The maximum Gasteiger partial charge on any atom is 0.407 e. The zero-order valence-electron chi connectivity index (χ0n) is 23.7. The summed E-state index contributed by atoms with van der Waals surface area (Å²) in [6, 6.07) is 13.5. The third-order valence-electron chi connectivity index (χ3n) is 6.99. The van der Waals surface area contributed by atoms with Gasteiger partial charge in [0.1, 0.15) is 24.7 Å². The van der Waals surface area contributed by atoms with Crippen LogP contribution in [0.5, 0.6) is 0 Å². The van der Waals surface area contributed by atoms with Crippen LogP contribution in [0.25, 0.3) is 11.1 Å². The van der Waals surface area contributed by atoms with Crippen LogP contribution >= 0.6 is 0 Å². The summed E-state index contributed by atoms with van der Waals surface area (Å²) in [5.41, 5.74) is 10.1. The lowest BCUT2D eigenvalue weighted by atomic mass is 9.98. The molecule has 0 spiro atoms. The van der Waals surface area contributed by atoms with E-state index in [2.05, 4.69) is 33.4 Å². The molecule has 0 bridgehead atoms. The summed E-state index contributed by atoms with van der Waals surface area (Å²) >= 11 is 0. The number of nitrogens with one attached hydrogen (secondary N) is 4. The molecule has 1 aliphatic rings. The maximum atomic E-state index is 13.3. The highest BCUT2D eigenvalue weighted by Gasteiger charge is 2.31. The highest BCUT2D eigenvalue weighted by molar-refractivity contribution is 5.93. The molecular weight excluding hydrogens is 510 g/mol. The van der Waals surface area contributed by atoms with Crippen LogP contribution in [-0.2, 0) is 19.1 Å². The number of likely N-dealkylation sites (N-methyl/N-ethyl adjacent to an activating group) is 1. The fourth-order valence-corrected chi connectivity index (χ4v) is 4.94. The third-order valence-corrected chi connectivity index (χ3v) is 6.99. The van der Waals surface area contributed by atoms with Gasteiger partial charge in [-0.25, -0.2) is 4.79 Å². The standard InChI is InChI=1S/C30H41N5O5/c1-18(2)16-26(29(38)34-25(14-9-15-31)28(37)33-19(3)27(36)32-4)35-30(39)40-17-24-22-12-7-5-10-20(22)21-11-6-8-13-23(21)24/h5-8,10-13,18-19,24-26H,9,14-17,31H2,1-4H3,(H,32,36)(H,33,37)(H,34,38)(H,35,39)/t19-,25-,26-/m0/s1. The van der Waals surface area contributed by atoms with Gasteiger partial charge in [-0.2, -0.15) is 0 Å². The third kappa shape index (κ3) is 7.81. The molecule has 3 atom stereocenters. The zero-order chi connectivity index (χ0) is 29.2.